The van der Waals surface area contributed by atoms with E-state index in [2.05, 4.69) is 64.2 Å². The molecule has 1 heterocycles. The Balaban J connectivity index is 1.91. The van der Waals surface area contributed by atoms with Gasteiger partial charge in [0, 0.05) is 12.5 Å². The first kappa shape index (κ1) is 17.3. The van der Waals surface area contributed by atoms with Gasteiger partial charge in [0.05, 0.1) is 6.61 Å². The van der Waals surface area contributed by atoms with Crippen molar-refractivity contribution in [2.75, 3.05) is 19.7 Å². The van der Waals surface area contributed by atoms with Crippen molar-refractivity contribution in [3.63, 3.8) is 0 Å². The lowest BCUT2D eigenvalue weighted by Gasteiger charge is -2.33. The van der Waals surface area contributed by atoms with Crippen molar-refractivity contribution in [2.45, 2.75) is 59.3 Å². The van der Waals surface area contributed by atoms with Gasteiger partial charge in [0.2, 0.25) is 0 Å². The van der Waals surface area contributed by atoms with Crippen molar-refractivity contribution in [1.29, 1.82) is 0 Å². The van der Waals surface area contributed by atoms with E-state index < -0.39 is 0 Å². The molecule has 0 amide bonds. The van der Waals surface area contributed by atoms with Gasteiger partial charge >= 0.3 is 0 Å². The van der Waals surface area contributed by atoms with E-state index in [1.165, 1.54) is 24.8 Å². The Kier molecular flexibility index (Phi) is 5.55. The summed E-state index contributed by atoms with van der Waals surface area (Å²) in [7, 11) is 0. The van der Waals surface area contributed by atoms with Crippen LogP contribution < -0.4 is 10.1 Å². The lowest BCUT2D eigenvalue weighted by Crippen LogP contribution is -2.33. The molecule has 0 bridgehead atoms. The summed E-state index contributed by atoms with van der Waals surface area (Å²) in [4.78, 5) is 0. The maximum Gasteiger partial charge on any atom is 0.119 e. The Morgan fingerprint density at radius 3 is 2.32 bits per heavy atom. The van der Waals surface area contributed by atoms with E-state index >= 15 is 0 Å². The van der Waals surface area contributed by atoms with Crippen LogP contribution in [-0.4, -0.2) is 19.7 Å². The zero-order valence-electron chi connectivity index (χ0n) is 15.0. The normalized spacial score (nSPS) is 20.0. The van der Waals surface area contributed by atoms with Gasteiger partial charge in [-0.15, -0.1) is 0 Å². The molecule has 0 aliphatic carbocycles. The standard InChI is InChI=1S/C20H33NO/c1-19(2,3)15-20(4,5)17-8-10-18(11-9-17)22-14-16-7-6-12-21-13-16/h8-11,16,21H,6-7,12-15H2,1-5H3/t16-/m1/s1. The quantitative estimate of drug-likeness (QED) is 0.845. The molecule has 22 heavy (non-hydrogen) atoms. The molecule has 0 unspecified atom stereocenters. The van der Waals surface area contributed by atoms with E-state index in [-0.39, 0.29) is 5.41 Å². The van der Waals surface area contributed by atoms with Crippen LogP contribution >= 0.6 is 0 Å². The van der Waals surface area contributed by atoms with Crippen LogP contribution in [0.3, 0.4) is 0 Å². The van der Waals surface area contributed by atoms with Crippen LogP contribution in [0.25, 0.3) is 0 Å². The van der Waals surface area contributed by atoms with E-state index in [1.54, 1.807) is 0 Å². The lowest BCUT2D eigenvalue weighted by molar-refractivity contribution is 0.218. The average molecular weight is 303 g/mol. The van der Waals surface area contributed by atoms with Gasteiger partial charge in [-0.3, -0.25) is 0 Å². The second-order valence-corrected chi connectivity index (χ2v) is 8.67. The van der Waals surface area contributed by atoms with Crippen molar-refractivity contribution < 1.29 is 4.74 Å². The number of rotatable bonds is 5. The monoisotopic (exact) mass is 303 g/mol. The lowest BCUT2D eigenvalue weighted by atomic mass is 9.72. The van der Waals surface area contributed by atoms with Gasteiger partial charge in [0.15, 0.2) is 0 Å². The van der Waals surface area contributed by atoms with E-state index in [1.807, 2.05) is 0 Å². The maximum atomic E-state index is 5.97. The molecule has 1 fully saturated rings. The minimum Gasteiger partial charge on any atom is -0.493 e. The van der Waals surface area contributed by atoms with Crippen LogP contribution in [0.2, 0.25) is 0 Å². The Bertz CT molecular complexity index is 450. The van der Waals surface area contributed by atoms with Crippen molar-refractivity contribution >= 4 is 0 Å². The highest BCUT2D eigenvalue weighted by molar-refractivity contribution is 5.31. The highest BCUT2D eigenvalue weighted by Gasteiger charge is 2.27. The molecule has 1 N–H and O–H groups in total. The van der Waals surface area contributed by atoms with Gasteiger partial charge in [-0.25, -0.2) is 0 Å². The first-order valence-corrected chi connectivity index (χ1v) is 8.70. The highest BCUT2D eigenvalue weighted by atomic mass is 16.5. The van der Waals surface area contributed by atoms with Crippen molar-refractivity contribution in [3.8, 4) is 5.75 Å². The number of nitrogens with one attached hydrogen (secondary N) is 1. The summed E-state index contributed by atoms with van der Waals surface area (Å²) >= 11 is 0. The Morgan fingerprint density at radius 1 is 1.09 bits per heavy atom. The molecule has 2 rings (SSSR count). The predicted octanol–water partition coefficient (Wildman–Crippen LogP) is 4.78. The minimum atomic E-state index is 0.198. The van der Waals surface area contributed by atoms with Crippen LogP contribution in [0, 0.1) is 11.3 Å². The molecular formula is C20H33NO. The van der Waals surface area contributed by atoms with E-state index in [0.717, 1.165) is 25.4 Å². The highest BCUT2D eigenvalue weighted by Crippen LogP contribution is 2.36. The Labute approximate surface area is 136 Å². The zero-order valence-corrected chi connectivity index (χ0v) is 15.0. The third-order valence-electron chi connectivity index (χ3n) is 4.49. The SMILES string of the molecule is CC(C)(C)CC(C)(C)c1ccc(OC[C@@H]2CCCNC2)cc1. The summed E-state index contributed by atoms with van der Waals surface area (Å²) in [5.41, 5.74) is 1.94. The molecule has 1 atom stereocenters. The molecule has 1 saturated heterocycles. The van der Waals surface area contributed by atoms with Crippen LogP contribution in [-0.2, 0) is 5.41 Å². The molecule has 1 aliphatic rings. The number of benzene rings is 1. The first-order valence-electron chi connectivity index (χ1n) is 8.70. The molecule has 2 nitrogen and oxygen atoms in total. The van der Waals surface area contributed by atoms with Crippen LogP contribution in [0.5, 0.6) is 5.75 Å². The summed E-state index contributed by atoms with van der Waals surface area (Å²) in [5, 5.41) is 3.44. The van der Waals surface area contributed by atoms with Crippen molar-refractivity contribution in [2.24, 2.45) is 11.3 Å². The molecule has 1 aromatic carbocycles. The number of hydrogen-bond acceptors (Lipinski definition) is 2. The first-order chi connectivity index (χ1) is 10.3. The number of hydrogen-bond donors (Lipinski definition) is 1. The molecule has 1 aliphatic heterocycles. The second kappa shape index (κ2) is 7.04. The van der Waals surface area contributed by atoms with E-state index in [4.69, 9.17) is 4.74 Å². The zero-order chi connectivity index (χ0) is 16.2. The largest absolute Gasteiger partial charge is 0.493 e. The summed E-state index contributed by atoms with van der Waals surface area (Å²) in [5.74, 6) is 1.66. The summed E-state index contributed by atoms with van der Waals surface area (Å²) in [6.07, 6.45) is 3.73. The van der Waals surface area contributed by atoms with Gasteiger partial charge in [-0.05, 0) is 54.3 Å². The van der Waals surface area contributed by atoms with E-state index in [9.17, 15) is 0 Å². The molecule has 0 aromatic heterocycles. The van der Waals surface area contributed by atoms with Gasteiger partial charge in [0.1, 0.15) is 5.75 Å². The second-order valence-electron chi connectivity index (χ2n) is 8.67. The van der Waals surface area contributed by atoms with Gasteiger partial charge in [0.25, 0.3) is 0 Å². The molecule has 1 aromatic rings. The molecule has 0 saturated carbocycles. The number of ether oxygens (including phenoxy) is 1. The van der Waals surface area contributed by atoms with Crippen LogP contribution in [0.1, 0.15) is 59.4 Å². The van der Waals surface area contributed by atoms with Crippen LogP contribution in [0.15, 0.2) is 24.3 Å². The topological polar surface area (TPSA) is 21.3 Å². The van der Waals surface area contributed by atoms with Gasteiger partial charge in [-0.1, -0.05) is 46.8 Å². The fraction of sp³-hybridized carbons (Fsp3) is 0.700. The Morgan fingerprint density at radius 2 is 1.77 bits per heavy atom. The molecule has 124 valence electrons. The number of piperidine rings is 1. The minimum absolute atomic E-state index is 0.198. The average Bonchev–Trinajstić information content (AvgIpc) is 2.44. The van der Waals surface area contributed by atoms with Gasteiger partial charge < -0.3 is 10.1 Å². The summed E-state index contributed by atoms with van der Waals surface area (Å²) in [6, 6.07) is 8.74. The smallest absolute Gasteiger partial charge is 0.119 e. The molecular weight excluding hydrogens is 270 g/mol. The third kappa shape index (κ3) is 5.31. The summed E-state index contributed by atoms with van der Waals surface area (Å²) < 4.78 is 5.97. The van der Waals surface area contributed by atoms with Crippen molar-refractivity contribution in [3.05, 3.63) is 29.8 Å². The van der Waals surface area contributed by atoms with Gasteiger partial charge in [-0.2, -0.15) is 0 Å². The maximum absolute atomic E-state index is 5.97. The Hall–Kier alpha value is -1.02. The molecule has 0 spiro atoms. The predicted molar refractivity (Wildman–Crippen MR) is 94.6 cm³/mol. The fourth-order valence-corrected chi connectivity index (χ4v) is 3.71. The molecule has 2 heteroatoms. The van der Waals surface area contributed by atoms with E-state index in [0.29, 0.717) is 11.3 Å². The molecule has 0 radical (unpaired) electrons. The van der Waals surface area contributed by atoms with Crippen molar-refractivity contribution in [1.82, 2.24) is 5.32 Å². The van der Waals surface area contributed by atoms with Crippen LogP contribution in [0.4, 0.5) is 0 Å². The summed E-state index contributed by atoms with van der Waals surface area (Å²) in [6.45, 7) is 14.7. The third-order valence-corrected chi connectivity index (χ3v) is 4.49. The fourth-order valence-electron chi connectivity index (χ4n) is 3.71.